The zero-order valence-corrected chi connectivity index (χ0v) is 17.2. The van der Waals surface area contributed by atoms with Gasteiger partial charge in [0.2, 0.25) is 0 Å². The molecule has 3 aromatic rings. The maximum atomic E-state index is 12.8. The van der Waals surface area contributed by atoms with E-state index in [4.69, 9.17) is 14.2 Å². The van der Waals surface area contributed by atoms with Crippen molar-refractivity contribution in [1.82, 2.24) is 9.78 Å². The summed E-state index contributed by atoms with van der Waals surface area (Å²) in [6.07, 6.45) is 0. The maximum Gasteiger partial charge on any atom is 0.340 e. The number of amides is 1. The van der Waals surface area contributed by atoms with Gasteiger partial charge >= 0.3 is 5.97 Å². The first-order valence-corrected chi connectivity index (χ1v) is 9.24. The van der Waals surface area contributed by atoms with Crippen molar-refractivity contribution in [2.24, 2.45) is 0 Å². The van der Waals surface area contributed by atoms with Crippen LogP contribution in [0.25, 0.3) is 0 Å². The molecule has 160 valence electrons. The fraction of sp³-hybridized carbons (Fsp3) is 0.182. The zero-order valence-electron chi connectivity index (χ0n) is 17.2. The van der Waals surface area contributed by atoms with Crippen molar-refractivity contribution in [3.8, 4) is 11.5 Å². The van der Waals surface area contributed by atoms with Crippen molar-refractivity contribution >= 4 is 17.6 Å². The lowest BCUT2D eigenvalue weighted by atomic mass is 10.1. The van der Waals surface area contributed by atoms with E-state index in [1.165, 1.54) is 50.3 Å². The van der Waals surface area contributed by atoms with Gasteiger partial charge in [-0.05, 0) is 11.6 Å². The van der Waals surface area contributed by atoms with Crippen LogP contribution in [-0.2, 0) is 11.3 Å². The van der Waals surface area contributed by atoms with Crippen LogP contribution in [0.15, 0.2) is 59.4 Å². The summed E-state index contributed by atoms with van der Waals surface area (Å²) in [6.45, 7) is 0.213. The van der Waals surface area contributed by atoms with Gasteiger partial charge in [0, 0.05) is 18.2 Å². The molecule has 31 heavy (non-hydrogen) atoms. The normalized spacial score (nSPS) is 10.3. The minimum absolute atomic E-state index is 0.00105. The zero-order chi connectivity index (χ0) is 22.4. The lowest BCUT2D eigenvalue weighted by Crippen LogP contribution is -2.27. The third kappa shape index (κ3) is 4.89. The van der Waals surface area contributed by atoms with Crippen LogP contribution in [0.3, 0.4) is 0 Å². The molecule has 9 nitrogen and oxygen atoms in total. The second kappa shape index (κ2) is 9.57. The van der Waals surface area contributed by atoms with Gasteiger partial charge in [-0.25, -0.2) is 9.48 Å². The van der Waals surface area contributed by atoms with Gasteiger partial charge in [-0.2, -0.15) is 5.10 Å². The van der Waals surface area contributed by atoms with Gasteiger partial charge in [-0.15, -0.1) is 0 Å². The minimum Gasteiger partial charge on any atom is -0.493 e. The van der Waals surface area contributed by atoms with Gasteiger partial charge in [0.1, 0.15) is 5.69 Å². The number of ether oxygens (including phenoxy) is 3. The van der Waals surface area contributed by atoms with Gasteiger partial charge in [0.15, 0.2) is 11.5 Å². The summed E-state index contributed by atoms with van der Waals surface area (Å²) in [5.74, 6) is -0.666. The van der Waals surface area contributed by atoms with Gasteiger partial charge in [-0.3, -0.25) is 9.59 Å². The summed E-state index contributed by atoms with van der Waals surface area (Å²) < 4.78 is 16.4. The van der Waals surface area contributed by atoms with Crippen LogP contribution in [0.5, 0.6) is 11.5 Å². The largest absolute Gasteiger partial charge is 0.493 e. The molecule has 1 N–H and O–H groups in total. The lowest BCUT2D eigenvalue weighted by Gasteiger charge is -2.14. The topological polar surface area (TPSA) is 109 Å². The molecule has 0 aliphatic rings. The number of esters is 1. The summed E-state index contributed by atoms with van der Waals surface area (Å²) in [6, 6.07) is 14.7. The van der Waals surface area contributed by atoms with Crippen molar-refractivity contribution in [3.05, 3.63) is 81.8 Å². The molecule has 0 aliphatic carbocycles. The Hall–Kier alpha value is -4.14. The number of nitrogens with zero attached hydrogens (tertiary/aromatic N) is 2. The molecule has 0 fully saturated rings. The van der Waals surface area contributed by atoms with Gasteiger partial charge in [0.05, 0.1) is 39.1 Å². The number of rotatable bonds is 7. The summed E-state index contributed by atoms with van der Waals surface area (Å²) in [5, 5.41) is 6.78. The van der Waals surface area contributed by atoms with Crippen molar-refractivity contribution in [2.75, 3.05) is 26.6 Å². The van der Waals surface area contributed by atoms with Crippen molar-refractivity contribution < 1.29 is 23.8 Å². The Morgan fingerprint density at radius 1 is 0.968 bits per heavy atom. The maximum absolute atomic E-state index is 12.8. The van der Waals surface area contributed by atoms with Crippen LogP contribution >= 0.6 is 0 Å². The van der Waals surface area contributed by atoms with Crippen LogP contribution in [0.1, 0.15) is 26.4 Å². The van der Waals surface area contributed by atoms with E-state index in [2.05, 4.69) is 10.4 Å². The predicted octanol–water partition coefficient (Wildman–Crippen LogP) is 2.35. The Labute approximate surface area is 178 Å². The Morgan fingerprint density at radius 3 is 2.29 bits per heavy atom. The number of hydrogen-bond donors (Lipinski definition) is 1. The number of aromatic nitrogens is 2. The van der Waals surface area contributed by atoms with E-state index in [1.54, 1.807) is 0 Å². The van der Waals surface area contributed by atoms with E-state index in [0.29, 0.717) is 11.5 Å². The van der Waals surface area contributed by atoms with Crippen molar-refractivity contribution in [1.29, 1.82) is 0 Å². The molecule has 0 bridgehead atoms. The van der Waals surface area contributed by atoms with E-state index >= 15 is 0 Å². The highest BCUT2D eigenvalue weighted by atomic mass is 16.5. The molecular formula is C22H21N3O6. The van der Waals surface area contributed by atoms with E-state index in [-0.39, 0.29) is 29.0 Å². The molecule has 0 saturated carbocycles. The summed E-state index contributed by atoms with van der Waals surface area (Å²) in [5.41, 5.74) is 0.744. The molecule has 1 aromatic heterocycles. The second-order valence-electron chi connectivity index (χ2n) is 6.40. The Kier molecular flexibility index (Phi) is 6.66. The second-order valence-corrected chi connectivity index (χ2v) is 6.40. The van der Waals surface area contributed by atoms with Crippen LogP contribution in [0, 0.1) is 0 Å². The number of hydrogen-bond acceptors (Lipinski definition) is 7. The lowest BCUT2D eigenvalue weighted by molar-refractivity contribution is 0.0601. The summed E-state index contributed by atoms with van der Waals surface area (Å²) in [4.78, 5) is 37.2. The Bertz CT molecular complexity index is 1160. The highest BCUT2D eigenvalue weighted by molar-refractivity contribution is 6.07. The molecule has 3 rings (SSSR count). The van der Waals surface area contributed by atoms with E-state index in [0.717, 1.165) is 5.56 Å². The molecule has 2 aromatic carbocycles. The van der Waals surface area contributed by atoms with Crippen LogP contribution in [0.2, 0.25) is 0 Å². The number of carbonyl (C=O) groups is 2. The van der Waals surface area contributed by atoms with E-state index < -0.39 is 11.9 Å². The number of nitrogens with one attached hydrogen (secondary N) is 1. The summed E-state index contributed by atoms with van der Waals surface area (Å²) >= 11 is 0. The first-order valence-electron chi connectivity index (χ1n) is 9.24. The Balaban J connectivity index is 1.93. The Morgan fingerprint density at radius 2 is 1.65 bits per heavy atom. The van der Waals surface area contributed by atoms with Crippen molar-refractivity contribution in [2.45, 2.75) is 6.54 Å². The van der Waals surface area contributed by atoms with E-state index in [1.807, 2.05) is 30.3 Å². The van der Waals surface area contributed by atoms with Gasteiger partial charge in [0.25, 0.3) is 11.5 Å². The van der Waals surface area contributed by atoms with Crippen LogP contribution < -0.4 is 20.3 Å². The number of carbonyl (C=O) groups excluding carboxylic acids is 2. The predicted molar refractivity (Wildman–Crippen MR) is 113 cm³/mol. The number of anilines is 1. The first-order chi connectivity index (χ1) is 15.0. The first kappa shape index (κ1) is 21.6. The highest BCUT2D eigenvalue weighted by Crippen LogP contribution is 2.34. The van der Waals surface area contributed by atoms with Gasteiger partial charge < -0.3 is 19.5 Å². The fourth-order valence-electron chi connectivity index (χ4n) is 2.89. The standard InChI is InChI=1S/C22H21N3O6/c1-29-18-11-15(22(28)31-3)17(12-19(18)30-2)23-21(27)16-9-10-20(26)25(24-16)13-14-7-5-4-6-8-14/h4-12H,13H2,1-3H3,(H,23,27). The minimum atomic E-state index is -0.668. The number of benzene rings is 2. The molecule has 0 aliphatic heterocycles. The average Bonchev–Trinajstić information content (AvgIpc) is 2.80. The SMILES string of the molecule is COC(=O)c1cc(OC)c(OC)cc1NC(=O)c1ccc(=O)n(Cc2ccccc2)n1. The average molecular weight is 423 g/mol. The summed E-state index contributed by atoms with van der Waals surface area (Å²) in [7, 11) is 4.09. The molecule has 9 heteroatoms. The molecule has 0 radical (unpaired) electrons. The van der Waals surface area contributed by atoms with Gasteiger partial charge in [-0.1, -0.05) is 30.3 Å². The molecule has 0 unspecified atom stereocenters. The van der Waals surface area contributed by atoms with Crippen LogP contribution in [0.4, 0.5) is 5.69 Å². The molecule has 0 saturated heterocycles. The molecule has 0 atom stereocenters. The molecule has 1 heterocycles. The third-order valence-electron chi connectivity index (χ3n) is 4.45. The van der Waals surface area contributed by atoms with E-state index in [9.17, 15) is 14.4 Å². The van der Waals surface area contributed by atoms with Crippen molar-refractivity contribution in [3.63, 3.8) is 0 Å². The molecular weight excluding hydrogens is 402 g/mol. The molecule has 0 spiro atoms. The number of methoxy groups -OCH3 is 3. The third-order valence-corrected chi connectivity index (χ3v) is 4.45. The quantitative estimate of drug-likeness (QED) is 0.581. The fourth-order valence-corrected chi connectivity index (χ4v) is 2.89. The smallest absolute Gasteiger partial charge is 0.340 e. The molecule has 1 amide bonds. The highest BCUT2D eigenvalue weighted by Gasteiger charge is 2.20. The monoisotopic (exact) mass is 423 g/mol. The van der Waals surface area contributed by atoms with Crippen LogP contribution in [-0.4, -0.2) is 43.0 Å².